The number of anilines is 1. The number of aliphatic hydroxyl groups excluding tert-OH is 1. The second-order valence-corrected chi connectivity index (χ2v) is 11.1. The standard InChI is InChI=1S/C33H50N2O7/c1-4-7-27(36)24-42-32-22-34-21-31(33(32)26-9-11-28(12-10-26)39-18-6-17-38-3)41-23-25-8-13-30-29(20-25)35(15-19-40-30)14-5-16-37-2/h8-13,20,27,31-34,36H,4-7,14-19,21-24H2,1-3H3/t27-,31-,32+,33?/m0/s1. The Bertz CT molecular complexity index is 1040. The molecule has 0 bridgehead atoms. The number of piperidine rings is 1. The highest BCUT2D eigenvalue weighted by molar-refractivity contribution is 5.61. The summed E-state index contributed by atoms with van der Waals surface area (Å²) in [6, 6.07) is 14.6. The lowest BCUT2D eigenvalue weighted by Gasteiger charge is -2.39. The molecular weight excluding hydrogens is 536 g/mol. The predicted molar refractivity (Wildman–Crippen MR) is 164 cm³/mol. The molecule has 0 aliphatic carbocycles. The van der Waals surface area contributed by atoms with Crippen molar-refractivity contribution in [3.63, 3.8) is 0 Å². The van der Waals surface area contributed by atoms with E-state index in [1.807, 2.05) is 12.1 Å². The second-order valence-electron chi connectivity index (χ2n) is 11.1. The molecule has 0 spiro atoms. The normalized spacial score (nSPS) is 21.0. The monoisotopic (exact) mass is 586 g/mol. The summed E-state index contributed by atoms with van der Waals surface area (Å²) in [7, 11) is 3.44. The van der Waals surface area contributed by atoms with Gasteiger partial charge in [0.2, 0.25) is 0 Å². The van der Waals surface area contributed by atoms with Gasteiger partial charge in [0.15, 0.2) is 0 Å². The Kier molecular flexibility index (Phi) is 13.7. The fourth-order valence-corrected chi connectivity index (χ4v) is 5.69. The maximum Gasteiger partial charge on any atom is 0.142 e. The molecule has 1 unspecified atom stereocenters. The van der Waals surface area contributed by atoms with E-state index in [2.05, 4.69) is 47.5 Å². The minimum Gasteiger partial charge on any atom is -0.494 e. The number of fused-ring (bicyclic) bond motifs is 1. The third kappa shape index (κ3) is 9.56. The van der Waals surface area contributed by atoms with Crippen LogP contribution in [0.4, 0.5) is 5.69 Å². The summed E-state index contributed by atoms with van der Waals surface area (Å²) in [5, 5.41) is 13.9. The van der Waals surface area contributed by atoms with E-state index < -0.39 is 6.10 Å². The summed E-state index contributed by atoms with van der Waals surface area (Å²) in [4.78, 5) is 2.37. The van der Waals surface area contributed by atoms with Gasteiger partial charge in [-0.25, -0.2) is 0 Å². The lowest BCUT2D eigenvalue weighted by molar-refractivity contribution is -0.0783. The molecule has 0 radical (unpaired) electrons. The number of benzene rings is 2. The van der Waals surface area contributed by atoms with E-state index in [1.54, 1.807) is 14.2 Å². The Hall–Kier alpha value is -2.40. The summed E-state index contributed by atoms with van der Waals surface area (Å²) in [6.45, 7) is 8.80. The molecule has 2 aliphatic heterocycles. The minimum absolute atomic E-state index is 0.00845. The molecule has 2 aliphatic rings. The van der Waals surface area contributed by atoms with Crippen molar-refractivity contribution in [2.75, 3.05) is 78.3 Å². The van der Waals surface area contributed by atoms with E-state index in [-0.39, 0.29) is 18.1 Å². The van der Waals surface area contributed by atoms with Crippen LogP contribution < -0.4 is 19.7 Å². The van der Waals surface area contributed by atoms with Crippen LogP contribution in [0.15, 0.2) is 42.5 Å². The van der Waals surface area contributed by atoms with E-state index in [9.17, 15) is 5.11 Å². The van der Waals surface area contributed by atoms with Crippen molar-refractivity contribution < 1.29 is 33.5 Å². The van der Waals surface area contributed by atoms with E-state index in [0.717, 1.165) is 73.7 Å². The molecule has 0 aromatic heterocycles. The van der Waals surface area contributed by atoms with Crippen molar-refractivity contribution >= 4 is 5.69 Å². The molecule has 1 saturated heterocycles. The van der Waals surface area contributed by atoms with Crippen molar-refractivity contribution in [3.8, 4) is 11.5 Å². The lowest BCUT2D eigenvalue weighted by atomic mass is 9.85. The maximum absolute atomic E-state index is 10.4. The third-order valence-electron chi connectivity index (χ3n) is 7.87. The summed E-state index contributed by atoms with van der Waals surface area (Å²) in [6.07, 6.45) is 2.76. The average Bonchev–Trinajstić information content (AvgIpc) is 3.02. The molecule has 9 nitrogen and oxygen atoms in total. The van der Waals surface area contributed by atoms with E-state index in [0.29, 0.717) is 46.1 Å². The van der Waals surface area contributed by atoms with Crippen molar-refractivity contribution in [2.24, 2.45) is 0 Å². The Morgan fingerprint density at radius 3 is 2.50 bits per heavy atom. The molecule has 0 saturated carbocycles. The van der Waals surface area contributed by atoms with Gasteiger partial charge < -0.3 is 43.7 Å². The summed E-state index contributed by atoms with van der Waals surface area (Å²) in [5.41, 5.74) is 3.36. The van der Waals surface area contributed by atoms with Crippen LogP contribution in [-0.4, -0.2) is 96.9 Å². The fraction of sp³-hybridized carbons (Fsp3) is 0.636. The van der Waals surface area contributed by atoms with Gasteiger partial charge in [-0.1, -0.05) is 31.5 Å². The number of ether oxygens (including phenoxy) is 6. The van der Waals surface area contributed by atoms with Crippen molar-refractivity contribution in [3.05, 3.63) is 53.6 Å². The molecule has 42 heavy (non-hydrogen) atoms. The number of rotatable bonds is 18. The highest BCUT2D eigenvalue weighted by Gasteiger charge is 2.36. The Labute approximate surface area is 251 Å². The van der Waals surface area contributed by atoms with Crippen LogP contribution in [0.2, 0.25) is 0 Å². The van der Waals surface area contributed by atoms with Gasteiger partial charge in [0.25, 0.3) is 0 Å². The van der Waals surface area contributed by atoms with Gasteiger partial charge in [-0.3, -0.25) is 0 Å². The minimum atomic E-state index is -0.468. The topological polar surface area (TPSA) is 90.9 Å². The van der Waals surface area contributed by atoms with Crippen LogP contribution in [0.25, 0.3) is 0 Å². The Morgan fingerprint density at radius 1 is 0.976 bits per heavy atom. The summed E-state index contributed by atoms with van der Waals surface area (Å²) >= 11 is 0. The fourth-order valence-electron chi connectivity index (χ4n) is 5.69. The van der Waals surface area contributed by atoms with E-state index in [1.165, 1.54) is 0 Å². The first-order valence-electron chi connectivity index (χ1n) is 15.5. The summed E-state index contributed by atoms with van der Waals surface area (Å²) < 4.78 is 35.2. The molecule has 2 aromatic carbocycles. The maximum atomic E-state index is 10.4. The third-order valence-corrected chi connectivity index (χ3v) is 7.87. The van der Waals surface area contributed by atoms with Crippen molar-refractivity contribution in [2.45, 2.75) is 63.4 Å². The molecule has 4 rings (SSSR count). The highest BCUT2D eigenvalue weighted by atomic mass is 16.5. The molecular formula is C33H50N2O7. The quantitative estimate of drug-likeness (QED) is 0.250. The van der Waals surface area contributed by atoms with Crippen LogP contribution in [0, 0.1) is 0 Å². The first-order valence-corrected chi connectivity index (χ1v) is 15.5. The lowest BCUT2D eigenvalue weighted by Crippen LogP contribution is -2.51. The first kappa shape index (κ1) is 32.5. The number of aliphatic hydroxyl groups is 1. The second kappa shape index (κ2) is 17.7. The number of nitrogens with zero attached hydrogens (tertiary/aromatic N) is 1. The SMILES string of the molecule is CCC[C@H](O)CO[C@@H]1CNC[C@H](OCc2ccc3c(c2)N(CCCOC)CCO3)C1c1ccc(OCCCOC)cc1. The van der Waals surface area contributed by atoms with E-state index >= 15 is 0 Å². The van der Waals surface area contributed by atoms with Gasteiger partial charge in [0, 0.05) is 59.4 Å². The van der Waals surface area contributed by atoms with Crippen LogP contribution in [0.3, 0.4) is 0 Å². The zero-order valence-electron chi connectivity index (χ0n) is 25.6. The number of nitrogens with one attached hydrogen (secondary N) is 1. The Balaban J connectivity index is 1.46. The smallest absolute Gasteiger partial charge is 0.142 e. The highest BCUT2D eigenvalue weighted by Crippen LogP contribution is 2.35. The predicted octanol–water partition coefficient (Wildman–Crippen LogP) is 4.16. The molecule has 0 amide bonds. The van der Waals surface area contributed by atoms with Crippen molar-refractivity contribution in [1.82, 2.24) is 5.32 Å². The van der Waals surface area contributed by atoms with Crippen LogP contribution in [-0.2, 0) is 25.6 Å². The van der Waals surface area contributed by atoms with Crippen LogP contribution in [0.1, 0.15) is 49.7 Å². The molecule has 2 N–H and O–H groups in total. The molecule has 9 heteroatoms. The first-order chi connectivity index (χ1) is 20.6. The number of hydrogen-bond donors (Lipinski definition) is 2. The van der Waals surface area contributed by atoms with Gasteiger partial charge in [0.05, 0.1) is 50.4 Å². The van der Waals surface area contributed by atoms with Crippen LogP contribution >= 0.6 is 0 Å². The van der Waals surface area contributed by atoms with E-state index in [4.69, 9.17) is 28.4 Å². The zero-order chi connectivity index (χ0) is 29.6. The van der Waals surface area contributed by atoms with Gasteiger partial charge in [-0.2, -0.15) is 0 Å². The van der Waals surface area contributed by atoms with Crippen molar-refractivity contribution in [1.29, 1.82) is 0 Å². The molecule has 1 fully saturated rings. The molecule has 234 valence electrons. The number of hydrogen-bond acceptors (Lipinski definition) is 9. The molecule has 2 aromatic rings. The van der Waals surface area contributed by atoms with Crippen LogP contribution in [0.5, 0.6) is 11.5 Å². The van der Waals surface area contributed by atoms with Gasteiger partial charge >= 0.3 is 0 Å². The Morgan fingerprint density at radius 2 is 1.74 bits per heavy atom. The molecule has 4 atom stereocenters. The number of methoxy groups -OCH3 is 2. The molecule has 2 heterocycles. The van der Waals surface area contributed by atoms with Gasteiger partial charge in [0.1, 0.15) is 18.1 Å². The largest absolute Gasteiger partial charge is 0.494 e. The average molecular weight is 587 g/mol. The van der Waals surface area contributed by atoms with Gasteiger partial charge in [-0.05, 0) is 48.2 Å². The zero-order valence-corrected chi connectivity index (χ0v) is 25.6. The van der Waals surface area contributed by atoms with Gasteiger partial charge in [-0.15, -0.1) is 0 Å². The summed E-state index contributed by atoms with van der Waals surface area (Å²) in [5.74, 6) is 1.76.